The molecule has 4 aromatic rings. The van der Waals surface area contributed by atoms with Gasteiger partial charge < -0.3 is 15.2 Å². The number of aryl methyl sites for hydroxylation is 1. The van der Waals surface area contributed by atoms with Gasteiger partial charge in [0.25, 0.3) is 11.8 Å². The Hall–Kier alpha value is -5.07. The van der Waals surface area contributed by atoms with Gasteiger partial charge in [-0.2, -0.15) is 0 Å². The minimum Gasteiger partial charge on any atom is -0.385 e. The maximum Gasteiger partial charge on any atom is 0.262 e. The fourth-order valence-electron chi connectivity index (χ4n) is 6.90. The summed E-state index contributed by atoms with van der Waals surface area (Å²) < 4.78 is 0. The number of carbonyl (C=O) groups excluding carboxylic acids is 5. The molecule has 0 saturated carbocycles. The van der Waals surface area contributed by atoms with E-state index >= 15 is 0 Å². The zero-order chi connectivity index (χ0) is 34.2. The maximum atomic E-state index is 13.3. The second-order valence-electron chi connectivity index (χ2n) is 12.6. The average molecular weight is 682 g/mol. The Morgan fingerprint density at radius 3 is 2.61 bits per heavy atom. The van der Waals surface area contributed by atoms with Crippen LogP contribution in [0.4, 0.5) is 11.4 Å². The molecule has 0 spiro atoms. The lowest BCUT2D eigenvalue weighted by Crippen LogP contribution is -2.54. The normalized spacial score (nSPS) is 18.4. The van der Waals surface area contributed by atoms with Crippen LogP contribution in [-0.4, -0.2) is 88.1 Å². The number of aromatic nitrogens is 2. The number of anilines is 2. The van der Waals surface area contributed by atoms with Gasteiger partial charge in [0, 0.05) is 60.8 Å². The highest BCUT2D eigenvalue weighted by Gasteiger charge is 2.44. The summed E-state index contributed by atoms with van der Waals surface area (Å²) in [5.74, 6) is -2.04. The van der Waals surface area contributed by atoms with Crippen LogP contribution in [-0.2, 0) is 20.8 Å². The molecule has 5 amide bonds. The molecule has 5 heterocycles. The molecule has 252 valence electrons. The fourth-order valence-corrected chi connectivity index (χ4v) is 7.27. The summed E-state index contributed by atoms with van der Waals surface area (Å²) in [4.78, 5) is 75.8. The fraction of sp³-hybridized carbons (Fsp3) is 0.333. The van der Waals surface area contributed by atoms with Crippen LogP contribution in [0.15, 0.2) is 54.9 Å². The predicted molar refractivity (Wildman–Crippen MR) is 186 cm³/mol. The van der Waals surface area contributed by atoms with E-state index in [-0.39, 0.29) is 29.9 Å². The molecular weight excluding hydrogens is 646 g/mol. The summed E-state index contributed by atoms with van der Waals surface area (Å²) >= 11 is 6.87. The summed E-state index contributed by atoms with van der Waals surface area (Å²) in [5.41, 5.74) is 5.66. The van der Waals surface area contributed by atoms with Crippen LogP contribution in [0.3, 0.4) is 0 Å². The number of unbranched alkanes of at least 4 members (excludes halogenated alkanes) is 1. The number of H-pyrrole nitrogens is 1. The van der Waals surface area contributed by atoms with Crippen LogP contribution in [0.5, 0.6) is 0 Å². The number of nitrogens with zero attached hydrogens (tertiary/aromatic N) is 4. The van der Waals surface area contributed by atoms with Crippen LogP contribution >= 0.6 is 11.6 Å². The van der Waals surface area contributed by atoms with Crippen molar-refractivity contribution in [2.45, 2.75) is 45.1 Å². The van der Waals surface area contributed by atoms with E-state index in [1.165, 1.54) is 0 Å². The molecule has 2 aromatic heterocycles. The molecular formula is C36H36ClN7O5. The second-order valence-corrected chi connectivity index (χ2v) is 13.0. The number of piperazine rings is 1. The second kappa shape index (κ2) is 13.4. The zero-order valence-corrected chi connectivity index (χ0v) is 27.8. The quantitative estimate of drug-likeness (QED) is 0.165. The smallest absolute Gasteiger partial charge is 0.262 e. The molecule has 3 aliphatic heterocycles. The molecule has 0 aliphatic carbocycles. The topological polar surface area (TPSA) is 148 Å². The summed E-state index contributed by atoms with van der Waals surface area (Å²) in [7, 11) is 0. The zero-order valence-electron chi connectivity index (χ0n) is 27.1. The molecule has 2 fully saturated rings. The predicted octanol–water partition coefficient (Wildman–Crippen LogP) is 4.39. The van der Waals surface area contributed by atoms with E-state index in [0.29, 0.717) is 30.3 Å². The summed E-state index contributed by atoms with van der Waals surface area (Å²) in [6.45, 7) is 5.17. The molecule has 7 rings (SSSR count). The molecule has 0 bridgehead atoms. The van der Waals surface area contributed by atoms with E-state index in [1.807, 2.05) is 35.4 Å². The molecule has 2 saturated heterocycles. The van der Waals surface area contributed by atoms with Crippen molar-refractivity contribution < 1.29 is 24.0 Å². The third-order valence-electron chi connectivity index (χ3n) is 9.54. The van der Waals surface area contributed by atoms with Crippen molar-refractivity contribution in [1.29, 1.82) is 0 Å². The first kappa shape index (κ1) is 32.5. The maximum absolute atomic E-state index is 13.3. The van der Waals surface area contributed by atoms with Gasteiger partial charge in [-0.1, -0.05) is 30.7 Å². The molecule has 1 atom stereocenters. The summed E-state index contributed by atoms with van der Waals surface area (Å²) in [6, 6.07) is 11.9. The highest BCUT2D eigenvalue weighted by molar-refractivity contribution is 6.38. The summed E-state index contributed by atoms with van der Waals surface area (Å²) in [6.07, 6.45) is 6.46. The van der Waals surface area contributed by atoms with E-state index < -0.39 is 29.7 Å². The molecule has 3 N–H and O–H groups in total. The van der Waals surface area contributed by atoms with Crippen molar-refractivity contribution in [3.8, 4) is 11.1 Å². The van der Waals surface area contributed by atoms with Gasteiger partial charge in [-0.15, -0.1) is 0 Å². The summed E-state index contributed by atoms with van der Waals surface area (Å²) in [5, 5.41) is 7.11. The van der Waals surface area contributed by atoms with Gasteiger partial charge in [0.2, 0.25) is 17.7 Å². The molecule has 12 nitrogen and oxygen atoms in total. The first-order valence-electron chi connectivity index (χ1n) is 16.6. The number of hydrogen-bond donors (Lipinski definition) is 3. The Bertz CT molecular complexity index is 2010. The van der Waals surface area contributed by atoms with Gasteiger partial charge in [-0.05, 0) is 73.7 Å². The third-order valence-corrected chi connectivity index (χ3v) is 9.93. The number of pyridine rings is 1. The Kier molecular flexibility index (Phi) is 8.91. The van der Waals surface area contributed by atoms with E-state index in [9.17, 15) is 24.0 Å². The lowest BCUT2D eigenvalue weighted by Gasteiger charge is -2.34. The number of piperidine rings is 1. The van der Waals surface area contributed by atoms with E-state index in [1.54, 1.807) is 24.4 Å². The van der Waals surface area contributed by atoms with Crippen LogP contribution in [0.1, 0.15) is 58.9 Å². The van der Waals surface area contributed by atoms with Crippen molar-refractivity contribution in [2.24, 2.45) is 0 Å². The van der Waals surface area contributed by atoms with Crippen molar-refractivity contribution in [2.75, 3.05) is 42.9 Å². The molecule has 1 unspecified atom stereocenters. The Morgan fingerprint density at radius 2 is 1.82 bits per heavy atom. The van der Waals surface area contributed by atoms with Gasteiger partial charge in [0.15, 0.2) is 0 Å². The molecule has 13 heteroatoms. The minimum absolute atomic E-state index is 0.0452. The van der Waals surface area contributed by atoms with E-state index in [4.69, 9.17) is 11.6 Å². The number of fused-ring (bicyclic) bond motifs is 2. The number of imide groups is 2. The number of aromatic amines is 1. The van der Waals surface area contributed by atoms with Gasteiger partial charge in [-0.3, -0.25) is 39.1 Å². The number of nitrogens with one attached hydrogen (secondary N) is 3. The van der Waals surface area contributed by atoms with Crippen LogP contribution in [0.25, 0.3) is 22.2 Å². The number of halogens is 1. The van der Waals surface area contributed by atoms with E-state index in [0.717, 1.165) is 70.7 Å². The van der Waals surface area contributed by atoms with Gasteiger partial charge in [0.05, 0.1) is 22.7 Å². The first-order valence-corrected chi connectivity index (χ1v) is 17.0. The number of rotatable bonds is 10. The monoisotopic (exact) mass is 681 g/mol. The van der Waals surface area contributed by atoms with Crippen LogP contribution in [0, 0.1) is 0 Å². The number of carbonyl (C=O) groups is 5. The van der Waals surface area contributed by atoms with Crippen LogP contribution in [0.2, 0.25) is 5.02 Å². The van der Waals surface area contributed by atoms with Crippen molar-refractivity contribution in [3.63, 3.8) is 0 Å². The highest BCUT2D eigenvalue weighted by Crippen LogP contribution is 2.36. The van der Waals surface area contributed by atoms with Gasteiger partial charge in [0.1, 0.15) is 11.7 Å². The van der Waals surface area contributed by atoms with Crippen molar-refractivity contribution >= 4 is 63.5 Å². The molecule has 3 aliphatic rings. The lowest BCUT2D eigenvalue weighted by molar-refractivity contribution is -0.136. The molecule has 49 heavy (non-hydrogen) atoms. The standard InChI is InChI=1S/C36H36ClN7O5/c1-2-21-18-39-33-31(21)32(37)27(19-40-33)22-6-5-7-24(16-22)43-15-14-42(20-30(43)46)13-4-3-12-38-23-8-9-25-26(17-23)36(49)44(35(25)48)28-10-11-29(45)41-34(28)47/h5-9,16-19,28,38H,2-4,10-15,20H2,1H3,(H,39,40)(H,41,45,47). The number of benzene rings is 2. The minimum atomic E-state index is -0.989. The van der Waals surface area contributed by atoms with Gasteiger partial charge in [-0.25, -0.2) is 4.98 Å². The average Bonchev–Trinajstić information content (AvgIpc) is 3.63. The lowest BCUT2D eigenvalue weighted by atomic mass is 10.0. The Labute approximate surface area is 287 Å². The van der Waals surface area contributed by atoms with Crippen molar-refractivity contribution in [3.05, 3.63) is 76.6 Å². The Morgan fingerprint density at radius 1 is 0.980 bits per heavy atom. The largest absolute Gasteiger partial charge is 0.385 e. The van der Waals surface area contributed by atoms with Crippen LogP contribution < -0.4 is 15.5 Å². The third kappa shape index (κ3) is 6.17. The Balaban J connectivity index is 0.899. The van der Waals surface area contributed by atoms with E-state index in [2.05, 4.69) is 32.4 Å². The number of amides is 5. The first-order chi connectivity index (χ1) is 23.7. The number of hydrogen-bond acceptors (Lipinski definition) is 8. The SMILES string of the molecule is CCc1c[nH]c2ncc(-c3cccc(N4CCN(CCCCNc5ccc6c(c5)C(=O)N(C5CCC(=O)NC5=O)C6=O)CC4=O)c3)c(Cl)c12. The molecule has 2 aromatic carbocycles. The molecule has 0 radical (unpaired) electrons. The van der Waals surface area contributed by atoms with Gasteiger partial charge >= 0.3 is 0 Å². The highest BCUT2D eigenvalue weighted by atomic mass is 35.5. The van der Waals surface area contributed by atoms with Crippen molar-refractivity contribution in [1.82, 2.24) is 25.1 Å².